The lowest BCUT2D eigenvalue weighted by Gasteiger charge is -2.12. The van der Waals surface area contributed by atoms with Crippen molar-refractivity contribution < 1.29 is 19.2 Å². The minimum atomic E-state index is -0.725. The van der Waals surface area contributed by atoms with Crippen molar-refractivity contribution in [2.75, 3.05) is 18.5 Å². The summed E-state index contributed by atoms with van der Waals surface area (Å²) < 4.78 is 14.2. The lowest BCUT2D eigenvalue weighted by molar-refractivity contribution is -0.385. The maximum absolute atomic E-state index is 12.5. The van der Waals surface area contributed by atoms with Crippen molar-refractivity contribution in [3.63, 3.8) is 0 Å². The third-order valence-corrected chi connectivity index (χ3v) is 4.43. The first-order valence-electron chi connectivity index (χ1n) is 9.81. The van der Waals surface area contributed by atoms with E-state index < -0.39 is 11.0 Å². The van der Waals surface area contributed by atoms with E-state index in [1.54, 1.807) is 17.8 Å². The number of rotatable bonds is 10. The molecule has 1 aromatic carbocycles. The molecule has 0 aliphatic rings. The van der Waals surface area contributed by atoms with Crippen LogP contribution >= 0.6 is 0 Å². The third-order valence-electron chi connectivity index (χ3n) is 4.43. The van der Waals surface area contributed by atoms with E-state index in [1.807, 2.05) is 32.0 Å². The van der Waals surface area contributed by atoms with Gasteiger partial charge in [-0.3, -0.25) is 24.3 Å². The van der Waals surface area contributed by atoms with Crippen molar-refractivity contribution in [1.82, 2.24) is 19.6 Å². The van der Waals surface area contributed by atoms with E-state index in [-0.39, 0.29) is 11.6 Å². The number of nitrogens with one attached hydrogen (secondary N) is 1. The Bertz CT molecular complexity index is 1060. The molecule has 1 atom stereocenters. The highest BCUT2D eigenvalue weighted by Gasteiger charge is 2.19. The smallest absolute Gasteiger partial charge is 0.307 e. The van der Waals surface area contributed by atoms with E-state index in [9.17, 15) is 14.9 Å². The predicted molar refractivity (Wildman–Crippen MR) is 112 cm³/mol. The number of hydrogen-bond acceptors (Lipinski definition) is 7. The maximum Gasteiger partial charge on any atom is 0.307 e. The molecule has 0 fully saturated rings. The van der Waals surface area contributed by atoms with Crippen molar-refractivity contribution in [2.45, 2.75) is 33.4 Å². The van der Waals surface area contributed by atoms with Crippen molar-refractivity contribution in [2.24, 2.45) is 0 Å². The van der Waals surface area contributed by atoms with E-state index in [0.717, 1.165) is 11.8 Å². The summed E-state index contributed by atoms with van der Waals surface area (Å²) in [5.74, 6) is 0.997. The Labute approximate surface area is 178 Å². The Kier molecular flexibility index (Phi) is 6.85. The fourth-order valence-electron chi connectivity index (χ4n) is 2.90. The van der Waals surface area contributed by atoms with Crippen LogP contribution in [0.5, 0.6) is 11.5 Å². The van der Waals surface area contributed by atoms with E-state index in [0.29, 0.717) is 36.9 Å². The highest BCUT2D eigenvalue weighted by atomic mass is 16.6. The van der Waals surface area contributed by atoms with Crippen LogP contribution in [0.25, 0.3) is 0 Å². The number of nitro groups is 1. The number of amides is 1. The largest absolute Gasteiger partial charge is 0.490 e. The standard InChI is InChI=1S/C20H24N6O5/c1-4-30-18-7-6-15(8-19(18)31-5-2)11-24-12-16(9-21-24)23-20(27)14(3)25-13-17(10-22-25)26(28)29/h6-10,12-14H,4-5,11H2,1-3H3,(H,23,27). The molecule has 0 spiro atoms. The van der Waals surface area contributed by atoms with Crippen molar-refractivity contribution in [3.8, 4) is 11.5 Å². The van der Waals surface area contributed by atoms with Gasteiger partial charge in [-0.2, -0.15) is 10.2 Å². The SMILES string of the molecule is CCOc1ccc(Cn2cc(NC(=O)C(C)n3cc([N+](=O)[O-])cn3)cn2)cc1OCC. The maximum atomic E-state index is 12.5. The molecule has 1 N–H and O–H groups in total. The molecular weight excluding hydrogens is 404 g/mol. The molecular formula is C20H24N6O5. The zero-order chi connectivity index (χ0) is 22.4. The summed E-state index contributed by atoms with van der Waals surface area (Å²) in [6.45, 7) is 6.98. The lowest BCUT2D eigenvalue weighted by atomic mass is 10.2. The van der Waals surface area contributed by atoms with Crippen LogP contribution in [0.1, 0.15) is 32.4 Å². The highest BCUT2D eigenvalue weighted by Crippen LogP contribution is 2.29. The zero-order valence-corrected chi connectivity index (χ0v) is 17.5. The summed E-state index contributed by atoms with van der Waals surface area (Å²) >= 11 is 0. The van der Waals surface area contributed by atoms with Gasteiger partial charge in [-0.05, 0) is 38.5 Å². The molecule has 0 saturated heterocycles. The molecule has 0 saturated carbocycles. The predicted octanol–water partition coefficient (Wildman–Crippen LogP) is 3.03. The Morgan fingerprint density at radius 1 is 1.16 bits per heavy atom. The van der Waals surface area contributed by atoms with Gasteiger partial charge >= 0.3 is 5.69 Å². The minimum absolute atomic E-state index is 0.172. The molecule has 1 amide bonds. The van der Waals surface area contributed by atoms with E-state index >= 15 is 0 Å². The molecule has 2 heterocycles. The van der Waals surface area contributed by atoms with Crippen LogP contribution in [0, 0.1) is 10.1 Å². The number of nitrogens with zero attached hydrogens (tertiary/aromatic N) is 5. The second-order valence-corrected chi connectivity index (χ2v) is 6.67. The van der Waals surface area contributed by atoms with Gasteiger partial charge in [-0.15, -0.1) is 0 Å². The van der Waals surface area contributed by atoms with E-state index in [1.165, 1.54) is 17.1 Å². The average Bonchev–Trinajstić information content (AvgIpc) is 3.39. The second kappa shape index (κ2) is 9.74. The van der Waals surface area contributed by atoms with E-state index in [4.69, 9.17) is 9.47 Å². The summed E-state index contributed by atoms with van der Waals surface area (Å²) in [7, 11) is 0. The number of hydrogen-bond donors (Lipinski definition) is 1. The number of anilines is 1. The van der Waals surface area contributed by atoms with Gasteiger partial charge < -0.3 is 14.8 Å². The van der Waals surface area contributed by atoms with Crippen molar-refractivity contribution >= 4 is 17.3 Å². The van der Waals surface area contributed by atoms with Gasteiger partial charge in [0.05, 0.1) is 36.6 Å². The van der Waals surface area contributed by atoms with Crippen LogP contribution in [0.15, 0.2) is 43.0 Å². The molecule has 0 aliphatic carbocycles. The number of aromatic nitrogens is 4. The third kappa shape index (κ3) is 5.38. The molecule has 31 heavy (non-hydrogen) atoms. The molecule has 11 nitrogen and oxygen atoms in total. The normalized spacial score (nSPS) is 11.7. The summed E-state index contributed by atoms with van der Waals surface area (Å²) in [5, 5.41) is 21.7. The van der Waals surface area contributed by atoms with Crippen LogP contribution < -0.4 is 14.8 Å². The molecule has 3 rings (SSSR count). The quantitative estimate of drug-likeness (QED) is 0.388. The molecule has 3 aromatic rings. The van der Waals surface area contributed by atoms with Crippen molar-refractivity contribution in [1.29, 1.82) is 0 Å². The van der Waals surface area contributed by atoms with Crippen LogP contribution in [0.3, 0.4) is 0 Å². The van der Waals surface area contributed by atoms with E-state index in [2.05, 4.69) is 15.5 Å². The molecule has 0 bridgehead atoms. The van der Waals surface area contributed by atoms with Gasteiger partial charge in [-0.1, -0.05) is 6.07 Å². The highest BCUT2D eigenvalue weighted by molar-refractivity contribution is 5.93. The van der Waals surface area contributed by atoms with Crippen LogP contribution in [0.4, 0.5) is 11.4 Å². The first kappa shape index (κ1) is 21.8. The van der Waals surface area contributed by atoms with Gasteiger partial charge in [-0.25, -0.2) is 0 Å². The topological polar surface area (TPSA) is 126 Å². The van der Waals surface area contributed by atoms with Gasteiger partial charge in [0.2, 0.25) is 5.91 Å². The average molecular weight is 428 g/mol. The minimum Gasteiger partial charge on any atom is -0.490 e. The molecule has 11 heteroatoms. The first-order chi connectivity index (χ1) is 14.9. The summed E-state index contributed by atoms with van der Waals surface area (Å²) in [5.41, 5.74) is 1.30. The van der Waals surface area contributed by atoms with Gasteiger partial charge in [0, 0.05) is 6.20 Å². The van der Waals surface area contributed by atoms with Crippen LogP contribution in [0.2, 0.25) is 0 Å². The second-order valence-electron chi connectivity index (χ2n) is 6.67. The molecule has 0 radical (unpaired) electrons. The molecule has 1 unspecified atom stereocenters. The Hall–Kier alpha value is -3.89. The van der Waals surface area contributed by atoms with Gasteiger partial charge in [0.25, 0.3) is 0 Å². The monoisotopic (exact) mass is 428 g/mol. The number of carbonyl (C=O) groups is 1. The molecule has 0 aliphatic heterocycles. The zero-order valence-electron chi connectivity index (χ0n) is 17.5. The van der Waals surface area contributed by atoms with Crippen molar-refractivity contribution in [3.05, 3.63) is 58.7 Å². The summed E-state index contributed by atoms with van der Waals surface area (Å²) in [4.78, 5) is 22.7. The fraction of sp³-hybridized carbons (Fsp3) is 0.350. The first-order valence-corrected chi connectivity index (χ1v) is 9.81. The summed E-state index contributed by atoms with van der Waals surface area (Å²) in [6, 6.07) is 4.97. The number of ether oxygens (including phenoxy) is 2. The molecule has 2 aromatic heterocycles. The number of benzene rings is 1. The molecule has 164 valence electrons. The van der Waals surface area contributed by atoms with Crippen LogP contribution in [-0.4, -0.2) is 43.6 Å². The van der Waals surface area contributed by atoms with Crippen LogP contribution in [-0.2, 0) is 11.3 Å². The van der Waals surface area contributed by atoms with Gasteiger partial charge in [0.15, 0.2) is 11.5 Å². The Morgan fingerprint density at radius 2 is 1.90 bits per heavy atom. The Balaban J connectivity index is 1.65. The summed E-state index contributed by atoms with van der Waals surface area (Å²) in [6.07, 6.45) is 5.56. The fourth-order valence-corrected chi connectivity index (χ4v) is 2.90. The lowest BCUT2D eigenvalue weighted by Crippen LogP contribution is -2.23. The Morgan fingerprint density at radius 3 is 2.58 bits per heavy atom. The number of carbonyl (C=O) groups excluding carboxylic acids is 1. The van der Waals surface area contributed by atoms with Gasteiger partial charge in [0.1, 0.15) is 18.4 Å².